The van der Waals surface area contributed by atoms with Crippen LogP contribution in [0.25, 0.3) is 6.08 Å². The molecule has 1 heterocycles. The summed E-state index contributed by atoms with van der Waals surface area (Å²) in [6.07, 6.45) is 5.93. The molecule has 0 fully saturated rings. The third-order valence-electron chi connectivity index (χ3n) is 4.03. The number of nitrogens with one attached hydrogen (secondary N) is 4. The Bertz CT molecular complexity index is 1260. The molecule has 4 N–H and O–H groups in total. The van der Waals surface area contributed by atoms with Crippen molar-refractivity contribution in [2.24, 2.45) is 5.10 Å². The lowest BCUT2D eigenvalue weighted by molar-refractivity contribution is -0.117. The number of hydrogen-bond donors (Lipinski definition) is 4. The summed E-state index contributed by atoms with van der Waals surface area (Å²) in [7, 11) is 0. The number of aromatic amines is 2. The average Bonchev–Trinajstić information content (AvgIpc) is 2.79. The zero-order valence-electron chi connectivity index (χ0n) is 16.7. The molecule has 160 valence electrons. The maximum Gasteiger partial charge on any atom is 0.326 e. The lowest BCUT2D eigenvalue weighted by atomic mass is 10.2. The molecule has 0 aliphatic heterocycles. The predicted octanol–water partition coefficient (Wildman–Crippen LogP) is 1.54. The normalized spacial score (nSPS) is 11.6. The molecule has 2 amide bonds. The van der Waals surface area contributed by atoms with Crippen LogP contribution in [0.2, 0.25) is 0 Å². The van der Waals surface area contributed by atoms with Crippen molar-refractivity contribution in [3.63, 3.8) is 0 Å². The quantitative estimate of drug-likeness (QED) is 0.196. The highest BCUT2D eigenvalue weighted by Gasteiger charge is 2.13. The Kier molecular flexibility index (Phi) is 7.42. The van der Waals surface area contributed by atoms with Crippen molar-refractivity contribution in [3.05, 3.63) is 122 Å². The fraction of sp³-hybridized carbons (Fsp3) is 0. The van der Waals surface area contributed by atoms with Crippen LogP contribution in [-0.2, 0) is 4.79 Å². The first-order valence-corrected chi connectivity index (χ1v) is 9.48. The highest BCUT2D eigenvalue weighted by molar-refractivity contribution is 6.03. The predicted molar refractivity (Wildman–Crippen MR) is 121 cm³/mol. The zero-order valence-corrected chi connectivity index (χ0v) is 16.7. The topological polar surface area (TPSA) is 136 Å². The van der Waals surface area contributed by atoms with E-state index in [2.05, 4.69) is 20.8 Å². The van der Waals surface area contributed by atoms with Gasteiger partial charge in [-0.05, 0) is 23.8 Å². The smallest absolute Gasteiger partial charge is 0.317 e. The van der Waals surface area contributed by atoms with Crippen LogP contribution in [-0.4, -0.2) is 28.0 Å². The van der Waals surface area contributed by atoms with E-state index < -0.39 is 23.1 Å². The minimum absolute atomic E-state index is 0.0532. The first-order valence-electron chi connectivity index (χ1n) is 9.48. The van der Waals surface area contributed by atoms with Gasteiger partial charge in [-0.15, -0.1) is 0 Å². The van der Waals surface area contributed by atoms with E-state index in [4.69, 9.17) is 0 Å². The number of hydrazone groups is 1. The minimum Gasteiger partial charge on any atom is -0.317 e. The lowest BCUT2D eigenvalue weighted by Crippen LogP contribution is -2.33. The molecule has 0 radical (unpaired) electrons. The van der Waals surface area contributed by atoms with Crippen molar-refractivity contribution in [1.29, 1.82) is 0 Å². The van der Waals surface area contributed by atoms with Crippen molar-refractivity contribution < 1.29 is 9.59 Å². The van der Waals surface area contributed by atoms with Gasteiger partial charge in [0.05, 0.1) is 11.9 Å². The number of carbonyl (C=O) groups excluding carboxylic acids is 2. The van der Waals surface area contributed by atoms with E-state index in [9.17, 15) is 19.2 Å². The van der Waals surface area contributed by atoms with Gasteiger partial charge in [-0.1, -0.05) is 60.7 Å². The molecule has 0 saturated heterocycles. The van der Waals surface area contributed by atoms with Gasteiger partial charge in [-0.3, -0.25) is 19.4 Å². The van der Waals surface area contributed by atoms with Crippen LogP contribution >= 0.6 is 0 Å². The van der Waals surface area contributed by atoms with Crippen LogP contribution in [0.4, 0.5) is 0 Å². The Labute approximate surface area is 182 Å². The number of aromatic nitrogens is 2. The number of benzene rings is 2. The van der Waals surface area contributed by atoms with Crippen LogP contribution in [0.3, 0.4) is 0 Å². The van der Waals surface area contributed by atoms with Crippen LogP contribution in [0.1, 0.15) is 21.6 Å². The molecule has 9 heteroatoms. The number of nitrogens with zero attached hydrogens (tertiary/aromatic N) is 1. The molecule has 0 saturated carbocycles. The summed E-state index contributed by atoms with van der Waals surface area (Å²) >= 11 is 0. The van der Waals surface area contributed by atoms with Crippen LogP contribution in [0.15, 0.2) is 99.3 Å². The van der Waals surface area contributed by atoms with Gasteiger partial charge in [0, 0.05) is 11.6 Å². The summed E-state index contributed by atoms with van der Waals surface area (Å²) in [6, 6.07) is 18.9. The van der Waals surface area contributed by atoms with E-state index in [-0.39, 0.29) is 11.4 Å². The molecule has 1 aromatic heterocycles. The van der Waals surface area contributed by atoms with Gasteiger partial charge in [-0.25, -0.2) is 10.2 Å². The van der Waals surface area contributed by atoms with Gasteiger partial charge in [-0.2, -0.15) is 5.10 Å². The maximum atomic E-state index is 12.6. The van der Waals surface area contributed by atoms with Crippen molar-refractivity contribution >= 4 is 24.1 Å². The molecule has 3 rings (SSSR count). The molecule has 32 heavy (non-hydrogen) atoms. The fourth-order valence-corrected chi connectivity index (χ4v) is 2.56. The Balaban J connectivity index is 1.77. The number of carbonyl (C=O) groups is 2. The molecule has 0 unspecified atom stereocenters. The first-order chi connectivity index (χ1) is 15.5. The van der Waals surface area contributed by atoms with Crippen molar-refractivity contribution in [2.75, 3.05) is 0 Å². The van der Waals surface area contributed by atoms with E-state index in [0.717, 1.165) is 17.8 Å². The van der Waals surface area contributed by atoms with E-state index in [0.29, 0.717) is 5.56 Å². The third kappa shape index (κ3) is 6.63. The number of rotatable bonds is 7. The molecule has 2 aromatic carbocycles. The molecule has 0 bridgehead atoms. The van der Waals surface area contributed by atoms with Gasteiger partial charge in [0.1, 0.15) is 5.70 Å². The number of H-pyrrole nitrogens is 2. The Hall–Kier alpha value is -4.79. The van der Waals surface area contributed by atoms with Gasteiger partial charge < -0.3 is 10.3 Å². The third-order valence-corrected chi connectivity index (χ3v) is 4.03. The van der Waals surface area contributed by atoms with Gasteiger partial charge >= 0.3 is 5.69 Å². The lowest BCUT2D eigenvalue weighted by Gasteiger charge is -2.08. The SMILES string of the molecule is O=C(N/N=C\c1cc(=O)[nH]c(=O)[nH]1)/C(=C/C=C/c1ccccc1)NC(=O)c1ccccc1. The summed E-state index contributed by atoms with van der Waals surface area (Å²) in [6.45, 7) is 0. The van der Waals surface area contributed by atoms with Crippen LogP contribution in [0, 0.1) is 0 Å². The maximum absolute atomic E-state index is 12.6. The summed E-state index contributed by atoms with van der Waals surface area (Å²) < 4.78 is 0. The Morgan fingerprint density at radius 3 is 2.28 bits per heavy atom. The molecule has 3 aromatic rings. The highest BCUT2D eigenvalue weighted by Crippen LogP contribution is 2.04. The average molecular weight is 429 g/mol. The van der Waals surface area contributed by atoms with Gasteiger partial charge in [0.15, 0.2) is 0 Å². The second-order valence-corrected chi connectivity index (χ2v) is 6.41. The van der Waals surface area contributed by atoms with Gasteiger partial charge in [0.25, 0.3) is 17.4 Å². The summed E-state index contributed by atoms with van der Waals surface area (Å²) in [5.74, 6) is -1.17. The summed E-state index contributed by atoms with van der Waals surface area (Å²) in [4.78, 5) is 52.1. The fourth-order valence-electron chi connectivity index (χ4n) is 2.56. The number of amides is 2. The molecular formula is C23H19N5O4. The molecule has 0 spiro atoms. The second kappa shape index (κ2) is 10.8. The van der Waals surface area contributed by atoms with Crippen molar-refractivity contribution in [1.82, 2.24) is 20.7 Å². The van der Waals surface area contributed by atoms with Crippen LogP contribution < -0.4 is 22.0 Å². The molecule has 9 nitrogen and oxygen atoms in total. The number of hydrogen-bond acceptors (Lipinski definition) is 5. The molecule has 0 aliphatic carbocycles. The van der Waals surface area contributed by atoms with E-state index >= 15 is 0 Å². The minimum atomic E-state index is -0.702. The van der Waals surface area contributed by atoms with E-state index in [1.54, 1.807) is 42.5 Å². The Morgan fingerprint density at radius 2 is 1.59 bits per heavy atom. The van der Waals surface area contributed by atoms with Gasteiger partial charge in [0.2, 0.25) is 0 Å². The van der Waals surface area contributed by atoms with E-state index in [1.165, 1.54) is 6.08 Å². The van der Waals surface area contributed by atoms with Crippen molar-refractivity contribution in [2.45, 2.75) is 0 Å². The monoisotopic (exact) mass is 429 g/mol. The molecule has 0 atom stereocenters. The summed E-state index contributed by atoms with van der Waals surface area (Å²) in [5, 5.41) is 6.29. The van der Waals surface area contributed by atoms with Crippen LogP contribution in [0.5, 0.6) is 0 Å². The standard InChI is InChI=1S/C23H19N5O4/c29-20-14-18(25-23(32)27-20)15-24-28-22(31)19(13-7-10-16-8-3-1-4-9-16)26-21(30)17-11-5-2-6-12-17/h1-15H,(H,26,30)(H,28,31)(H2,25,27,29,32)/b10-7+,19-13-,24-15-. The van der Waals surface area contributed by atoms with E-state index in [1.807, 2.05) is 35.3 Å². The largest absolute Gasteiger partial charge is 0.326 e. The molecule has 0 aliphatic rings. The highest BCUT2D eigenvalue weighted by atomic mass is 16.2. The summed E-state index contributed by atoms with van der Waals surface area (Å²) in [5.41, 5.74) is 2.28. The van der Waals surface area contributed by atoms with Crippen molar-refractivity contribution in [3.8, 4) is 0 Å². The molecular weight excluding hydrogens is 410 g/mol. The Morgan fingerprint density at radius 1 is 0.906 bits per heavy atom. The number of allylic oxidation sites excluding steroid dienone is 2. The zero-order chi connectivity index (χ0) is 22.8. The second-order valence-electron chi connectivity index (χ2n) is 6.41. The first kappa shape index (κ1) is 21.9.